The first-order chi connectivity index (χ1) is 6.06. The number of aryl methyl sites for hydroxylation is 1. The minimum atomic E-state index is -0.353. The summed E-state index contributed by atoms with van der Waals surface area (Å²) in [6, 6.07) is 2.28. The molecule has 0 amide bonds. The van der Waals surface area contributed by atoms with E-state index in [9.17, 15) is 9.50 Å². The van der Waals surface area contributed by atoms with E-state index in [1.807, 2.05) is 6.92 Å². The predicted molar refractivity (Wildman–Crippen MR) is 50.0 cm³/mol. The third kappa shape index (κ3) is 1.98. The molecule has 0 fully saturated rings. The normalized spacial score (nSPS) is 12.9. The molecule has 1 aromatic rings. The van der Waals surface area contributed by atoms with Crippen molar-refractivity contribution in [1.29, 1.82) is 0 Å². The molecule has 0 aliphatic heterocycles. The van der Waals surface area contributed by atoms with Gasteiger partial charge in [0, 0.05) is 11.6 Å². The van der Waals surface area contributed by atoms with Crippen LogP contribution in [0.25, 0.3) is 0 Å². The zero-order chi connectivity index (χ0) is 10.0. The molecular formula is C10H14FNO. The molecule has 0 saturated heterocycles. The Balaban J connectivity index is 3.20. The van der Waals surface area contributed by atoms with E-state index in [2.05, 4.69) is 0 Å². The number of hydrogen-bond acceptors (Lipinski definition) is 2. The van der Waals surface area contributed by atoms with Gasteiger partial charge in [-0.2, -0.15) is 0 Å². The number of hydrogen-bond donors (Lipinski definition) is 2. The van der Waals surface area contributed by atoms with Crippen LogP contribution < -0.4 is 5.73 Å². The third-order valence-electron chi connectivity index (χ3n) is 2.13. The van der Waals surface area contributed by atoms with Crippen LogP contribution in [-0.4, -0.2) is 5.11 Å². The molecule has 0 spiro atoms. The maximum absolute atomic E-state index is 12.9. The predicted octanol–water partition coefficient (Wildman–Crippen LogP) is 2.25. The van der Waals surface area contributed by atoms with E-state index in [0.29, 0.717) is 17.5 Å². The van der Waals surface area contributed by atoms with E-state index in [1.54, 1.807) is 6.92 Å². The first kappa shape index (κ1) is 9.99. The first-order valence-electron chi connectivity index (χ1n) is 4.30. The van der Waals surface area contributed by atoms with Crippen molar-refractivity contribution in [3.8, 4) is 5.75 Å². The molecule has 1 rings (SSSR count). The Morgan fingerprint density at radius 2 is 2.15 bits per heavy atom. The van der Waals surface area contributed by atoms with Crippen LogP contribution in [-0.2, 0) is 0 Å². The number of benzene rings is 1. The largest absolute Gasteiger partial charge is 0.507 e. The van der Waals surface area contributed by atoms with Crippen molar-refractivity contribution >= 4 is 0 Å². The molecule has 1 atom stereocenters. The summed E-state index contributed by atoms with van der Waals surface area (Å²) in [4.78, 5) is 0. The Kier molecular flexibility index (Phi) is 2.88. The van der Waals surface area contributed by atoms with Crippen LogP contribution in [0.15, 0.2) is 12.1 Å². The number of nitrogens with two attached hydrogens (primary N) is 1. The lowest BCUT2D eigenvalue weighted by Crippen LogP contribution is -2.09. The fourth-order valence-corrected chi connectivity index (χ4v) is 1.26. The molecular weight excluding hydrogens is 169 g/mol. The second-order valence-electron chi connectivity index (χ2n) is 3.18. The minimum absolute atomic E-state index is 0.107. The molecule has 3 N–H and O–H groups in total. The van der Waals surface area contributed by atoms with Crippen molar-refractivity contribution in [2.45, 2.75) is 26.3 Å². The maximum Gasteiger partial charge on any atom is 0.124 e. The molecule has 1 aromatic carbocycles. The fraction of sp³-hybridized carbons (Fsp3) is 0.400. The SMILES string of the molecule is CC[C@H](N)c1cc(F)cc(C)c1O. The smallest absolute Gasteiger partial charge is 0.124 e. The van der Waals surface area contributed by atoms with Crippen LogP contribution in [0, 0.1) is 12.7 Å². The van der Waals surface area contributed by atoms with Gasteiger partial charge < -0.3 is 10.8 Å². The van der Waals surface area contributed by atoms with Crippen molar-refractivity contribution in [2.75, 3.05) is 0 Å². The first-order valence-corrected chi connectivity index (χ1v) is 4.30. The molecule has 0 radical (unpaired) electrons. The molecule has 0 bridgehead atoms. The number of rotatable bonds is 2. The van der Waals surface area contributed by atoms with Crippen molar-refractivity contribution in [2.24, 2.45) is 5.73 Å². The molecule has 0 heterocycles. The molecule has 2 nitrogen and oxygen atoms in total. The van der Waals surface area contributed by atoms with Crippen molar-refractivity contribution < 1.29 is 9.50 Å². The molecule has 13 heavy (non-hydrogen) atoms. The second kappa shape index (κ2) is 3.75. The van der Waals surface area contributed by atoms with E-state index < -0.39 is 0 Å². The second-order valence-corrected chi connectivity index (χ2v) is 3.18. The highest BCUT2D eigenvalue weighted by Crippen LogP contribution is 2.28. The van der Waals surface area contributed by atoms with Crippen LogP contribution in [0.2, 0.25) is 0 Å². The summed E-state index contributed by atoms with van der Waals surface area (Å²) < 4.78 is 12.9. The van der Waals surface area contributed by atoms with Crippen LogP contribution in [0.1, 0.15) is 30.5 Å². The Labute approximate surface area is 77.2 Å². The van der Waals surface area contributed by atoms with Gasteiger partial charge in [-0.05, 0) is 31.0 Å². The summed E-state index contributed by atoms with van der Waals surface area (Å²) in [5.41, 5.74) is 6.72. The van der Waals surface area contributed by atoms with Crippen LogP contribution >= 0.6 is 0 Å². The van der Waals surface area contributed by atoms with Crippen molar-refractivity contribution in [1.82, 2.24) is 0 Å². The molecule has 0 saturated carbocycles. The molecule has 0 aromatic heterocycles. The summed E-state index contributed by atoms with van der Waals surface area (Å²) in [5, 5.41) is 9.58. The molecule has 0 unspecified atom stereocenters. The summed E-state index contributed by atoms with van der Waals surface area (Å²) in [5.74, 6) is -0.245. The zero-order valence-corrected chi connectivity index (χ0v) is 7.84. The van der Waals surface area contributed by atoms with Gasteiger partial charge in [-0.3, -0.25) is 0 Å². The maximum atomic E-state index is 12.9. The number of phenolic OH excluding ortho intramolecular Hbond substituents is 1. The van der Waals surface area contributed by atoms with Gasteiger partial charge in [-0.25, -0.2) is 4.39 Å². The van der Waals surface area contributed by atoms with Gasteiger partial charge in [-0.15, -0.1) is 0 Å². The van der Waals surface area contributed by atoms with E-state index in [0.717, 1.165) is 0 Å². The molecule has 0 aliphatic rings. The van der Waals surface area contributed by atoms with Gasteiger partial charge in [0.25, 0.3) is 0 Å². The Hall–Kier alpha value is -1.09. The Morgan fingerprint density at radius 1 is 1.54 bits per heavy atom. The zero-order valence-electron chi connectivity index (χ0n) is 7.84. The Morgan fingerprint density at radius 3 is 2.69 bits per heavy atom. The lowest BCUT2D eigenvalue weighted by Gasteiger charge is -2.12. The quantitative estimate of drug-likeness (QED) is 0.738. The highest BCUT2D eigenvalue weighted by molar-refractivity contribution is 5.41. The number of halogens is 1. The van der Waals surface area contributed by atoms with Crippen LogP contribution in [0.3, 0.4) is 0 Å². The van der Waals surface area contributed by atoms with Gasteiger partial charge >= 0.3 is 0 Å². The Bertz CT molecular complexity index is 312. The average Bonchev–Trinajstić information content (AvgIpc) is 2.10. The molecule has 3 heteroatoms. The van der Waals surface area contributed by atoms with Crippen LogP contribution in [0.4, 0.5) is 4.39 Å². The summed E-state index contributed by atoms with van der Waals surface area (Å²) in [7, 11) is 0. The van der Waals surface area contributed by atoms with E-state index in [4.69, 9.17) is 5.73 Å². The molecule has 0 aliphatic carbocycles. The fourth-order valence-electron chi connectivity index (χ4n) is 1.26. The lowest BCUT2D eigenvalue weighted by atomic mass is 10.0. The average molecular weight is 183 g/mol. The van der Waals surface area contributed by atoms with Crippen molar-refractivity contribution in [3.63, 3.8) is 0 Å². The number of aromatic hydroxyl groups is 1. The van der Waals surface area contributed by atoms with E-state index in [-0.39, 0.29) is 17.6 Å². The highest BCUT2D eigenvalue weighted by atomic mass is 19.1. The highest BCUT2D eigenvalue weighted by Gasteiger charge is 2.12. The van der Waals surface area contributed by atoms with Gasteiger partial charge in [0.2, 0.25) is 0 Å². The van der Waals surface area contributed by atoms with E-state index >= 15 is 0 Å². The van der Waals surface area contributed by atoms with Gasteiger partial charge in [0.1, 0.15) is 11.6 Å². The summed E-state index contributed by atoms with van der Waals surface area (Å²) >= 11 is 0. The standard InChI is InChI=1S/C10H14FNO/c1-3-9(12)8-5-7(11)4-6(2)10(8)13/h4-5,9,13H,3,12H2,1-2H3/t9-/m0/s1. The molecule has 72 valence electrons. The van der Waals surface area contributed by atoms with Gasteiger partial charge in [-0.1, -0.05) is 6.92 Å². The van der Waals surface area contributed by atoms with Gasteiger partial charge in [0.15, 0.2) is 0 Å². The van der Waals surface area contributed by atoms with Crippen LogP contribution in [0.5, 0.6) is 5.75 Å². The van der Waals surface area contributed by atoms with Crippen molar-refractivity contribution in [3.05, 3.63) is 29.1 Å². The van der Waals surface area contributed by atoms with Gasteiger partial charge in [0.05, 0.1) is 0 Å². The minimum Gasteiger partial charge on any atom is -0.507 e. The third-order valence-corrected chi connectivity index (χ3v) is 2.13. The lowest BCUT2D eigenvalue weighted by molar-refractivity contribution is 0.452. The van der Waals surface area contributed by atoms with E-state index in [1.165, 1.54) is 12.1 Å². The summed E-state index contributed by atoms with van der Waals surface area (Å²) in [6.45, 7) is 3.55. The number of phenols is 1. The monoisotopic (exact) mass is 183 g/mol. The topological polar surface area (TPSA) is 46.2 Å². The summed E-state index contributed by atoms with van der Waals surface area (Å²) in [6.07, 6.45) is 0.677.